The molecule has 2 aliphatic carbocycles. The summed E-state index contributed by atoms with van der Waals surface area (Å²) in [6, 6.07) is 6.57. The van der Waals surface area contributed by atoms with E-state index >= 15 is 0 Å². The Labute approximate surface area is 128 Å². The van der Waals surface area contributed by atoms with Gasteiger partial charge in [0.05, 0.1) is 12.3 Å². The van der Waals surface area contributed by atoms with Crippen LogP contribution in [0.25, 0.3) is 0 Å². The van der Waals surface area contributed by atoms with Crippen LogP contribution in [0, 0.1) is 16.7 Å². The Bertz CT molecular complexity index is 535. The second-order valence-corrected chi connectivity index (χ2v) is 7.68. The van der Waals surface area contributed by atoms with Crippen molar-refractivity contribution in [3.05, 3.63) is 18.2 Å². The van der Waals surface area contributed by atoms with Crippen molar-refractivity contribution in [2.45, 2.75) is 53.0 Å². The molecular weight excluding hydrogens is 260 g/mol. The van der Waals surface area contributed by atoms with Crippen LogP contribution in [0.4, 0.5) is 11.4 Å². The molecule has 2 fully saturated rings. The van der Waals surface area contributed by atoms with Gasteiger partial charge in [0.25, 0.3) is 0 Å². The average Bonchev–Trinajstić information content (AvgIpc) is 2.90. The van der Waals surface area contributed by atoms with Gasteiger partial charge in [-0.3, -0.25) is 0 Å². The van der Waals surface area contributed by atoms with Gasteiger partial charge in [-0.25, -0.2) is 0 Å². The zero-order chi connectivity index (χ0) is 15.3. The molecule has 3 rings (SSSR count). The first-order valence-corrected chi connectivity index (χ1v) is 8.15. The zero-order valence-corrected chi connectivity index (χ0v) is 13.7. The first-order valence-electron chi connectivity index (χ1n) is 8.15. The van der Waals surface area contributed by atoms with Crippen LogP contribution in [0.3, 0.4) is 0 Å². The summed E-state index contributed by atoms with van der Waals surface area (Å²) < 4.78 is 5.62. The van der Waals surface area contributed by atoms with Crippen molar-refractivity contribution in [2.24, 2.45) is 16.7 Å². The van der Waals surface area contributed by atoms with E-state index in [9.17, 15) is 0 Å². The minimum atomic E-state index is 0.347. The number of ether oxygens (including phenoxy) is 1. The highest BCUT2D eigenvalue weighted by atomic mass is 16.5. The number of nitrogen functional groups attached to an aromatic ring is 1. The predicted octanol–water partition coefficient (Wildman–Crippen LogP) is 4.29. The molecule has 116 valence electrons. The Morgan fingerprint density at radius 3 is 2.71 bits per heavy atom. The number of hydrogen-bond donors (Lipinski definition) is 2. The van der Waals surface area contributed by atoms with E-state index in [1.54, 1.807) is 0 Å². The van der Waals surface area contributed by atoms with Crippen LogP contribution < -0.4 is 15.8 Å². The van der Waals surface area contributed by atoms with Crippen molar-refractivity contribution in [1.29, 1.82) is 0 Å². The minimum absolute atomic E-state index is 0.347. The maximum absolute atomic E-state index is 5.97. The van der Waals surface area contributed by atoms with Crippen LogP contribution in [0.1, 0.15) is 47.0 Å². The van der Waals surface area contributed by atoms with Gasteiger partial charge in [0.15, 0.2) is 0 Å². The second-order valence-electron chi connectivity index (χ2n) is 7.68. The molecule has 0 saturated heterocycles. The molecule has 3 atom stereocenters. The van der Waals surface area contributed by atoms with Crippen LogP contribution in [0.5, 0.6) is 5.75 Å². The maximum atomic E-state index is 5.97. The van der Waals surface area contributed by atoms with Crippen molar-refractivity contribution >= 4 is 11.4 Å². The second kappa shape index (κ2) is 4.82. The van der Waals surface area contributed by atoms with Gasteiger partial charge in [-0.2, -0.15) is 0 Å². The molecule has 3 nitrogen and oxygen atoms in total. The summed E-state index contributed by atoms with van der Waals surface area (Å²) in [5.74, 6) is 1.63. The van der Waals surface area contributed by atoms with Crippen molar-refractivity contribution in [2.75, 3.05) is 17.7 Å². The molecule has 2 bridgehead atoms. The fraction of sp³-hybridized carbons (Fsp3) is 0.667. The fourth-order valence-corrected chi connectivity index (χ4v) is 4.73. The summed E-state index contributed by atoms with van der Waals surface area (Å²) in [4.78, 5) is 0. The summed E-state index contributed by atoms with van der Waals surface area (Å²) in [6.07, 6.45) is 4.07. The van der Waals surface area contributed by atoms with Gasteiger partial charge in [0, 0.05) is 17.8 Å². The molecule has 0 amide bonds. The summed E-state index contributed by atoms with van der Waals surface area (Å²) >= 11 is 0. The lowest BCUT2D eigenvalue weighted by atomic mass is 9.68. The van der Waals surface area contributed by atoms with Gasteiger partial charge in [0.2, 0.25) is 0 Å². The summed E-state index contributed by atoms with van der Waals surface area (Å²) in [6.45, 7) is 9.91. The lowest BCUT2D eigenvalue weighted by Gasteiger charge is -2.43. The number of fused-ring (bicyclic) bond motifs is 2. The highest BCUT2D eigenvalue weighted by Crippen LogP contribution is 2.63. The smallest absolute Gasteiger partial charge is 0.144 e. The van der Waals surface area contributed by atoms with Crippen LogP contribution in [-0.4, -0.2) is 12.6 Å². The number of rotatable bonds is 4. The van der Waals surface area contributed by atoms with E-state index in [4.69, 9.17) is 10.5 Å². The third-order valence-corrected chi connectivity index (χ3v) is 5.89. The molecule has 0 spiro atoms. The van der Waals surface area contributed by atoms with E-state index < -0.39 is 0 Å². The number of nitrogens with one attached hydrogen (secondary N) is 1. The van der Waals surface area contributed by atoms with Gasteiger partial charge in [-0.15, -0.1) is 0 Å². The van der Waals surface area contributed by atoms with E-state index in [-0.39, 0.29) is 0 Å². The number of nitrogens with two attached hydrogens (primary N) is 1. The molecule has 3 N–H and O–H groups in total. The van der Waals surface area contributed by atoms with E-state index in [0.717, 1.165) is 17.4 Å². The van der Waals surface area contributed by atoms with Crippen LogP contribution >= 0.6 is 0 Å². The van der Waals surface area contributed by atoms with Crippen LogP contribution in [0.15, 0.2) is 18.2 Å². The van der Waals surface area contributed by atoms with Crippen LogP contribution in [0.2, 0.25) is 0 Å². The summed E-state index contributed by atoms with van der Waals surface area (Å²) in [7, 11) is 0. The molecule has 0 aliphatic heterocycles. The fourth-order valence-electron chi connectivity index (χ4n) is 4.73. The van der Waals surface area contributed by atoms with Crippen molar-refractivity contribution < 1.29 is 4.74 Å². The standard InChI is InChI=1S/C18H28N2O/c1-5-21-15-10-13(6-7-14(15)19)20-16-17(2,3)12-8-9-18(16,4)11-12/h6-7,10,12,16,20H,5,8-9,11,19H2,1-4H3. The molecule has 0 heterocycles. The quantitative estimate of drug-likeness (QED) is 0.812. The summed E-state index contributed by atoms with van der Waals surface area (Å²) in [5, 5.41) is 3.79. The highest BCUT2D eigenvalue weighted by molar-refractivity contribution is 5.62. The van der Waals surface area contributed by atoms with Gasteiger partial charge in [0.1, 0.15) is 5.75 Å². The SMILES string of the molecule is CCOc1cc(NC2C3(C)CCC(C3)C2(C)C)ccc1N. The van der Waals surface area contributed by atoms with Crippen molar-refractivity contribution in [1.82, 2.24) is 0 Å². The minimum Gasteiger partial charge on any atom is -0.492 e. The monoisotopic (exact) mass is 288 g/mol. The Morgan fingerprint density at radius 1 is 1.33 bits per heavy atom. The average molecular weight is 288 g/mol. The van der Waals surface area contributed by atoms with Crippen molar-refractivity contribution in [3.63, 3.8) is 0 Å². The topological polar surface area (TPSA) is 47.3 Å². The molecular formula is C18H28N2O. The molecule has 3 unspecified atom stereocenters. The Hall–Kier alpha value is -1.38. The van der Waals surface area contributed by atoms with E-state index in [1.807, 2.05) is 19.1 Å². The summed E-state index contributed by atoms with van der Waals surface area (Å²) in [5.41, 5.74) is 8.57. The number of benzene rings is 1. The van der Waals surface area contributed by atoms with Crippen LogP contribution in [-0.2, 0) is 0 Å². The van der Waals surface area contributed by atoms with Gasteiger partial charge >= 0.3 is 0 Å². The molecule has 0 aromatic heterocycles. The Morgan fingerprint density at radius 2 is 2.10 bits per heavy atom. The molecule has 0 radical (unpaired) electrons. The normalized spacial score (nSPS) is 33.1. The first kappa shape index (κ1) is 14.6. The third kappa shape index (κ3) is 2.27. The lowest BCUT2D eigenvalue weighted by Crippen LogP contribution is -2.45. The van der Waals surface area contributed by atoms with E-state index in [1.165, 1.54) is 19.3 Å². The molecule has 1 aromatic rings. The molecule has 1 aromatic carbocycles. The first-order chi connectivity index (χ1) is 9.87. The number of anilines is 2. The maximum Gasteiger partial charge on any atom is 0.144 e. The molecule has 21 heavy (non-hydrogen) atoms. The molecule has 3 heteroatoms. The number of hydrogen-bond acceptors (Lipinski definition) is 3. The molecule has 2 aliphatic rings. The van der Waals surface area contributed by atoms with E-state index in [2.05, 4.69) is 32.2 Å². The molecule has 2 saturated carbocycles. The van der Waals surface area contributed by atoms with Gasteiger partial charge in [-0.1, -0.05) is 20.8 Å². The Balaban J connectivity index is 1.85. The van der Waals surface area contributed by atoms with Crippen molar-refractivity contribution in [3.8, 4) is 5.75 Å². The van der Waals surface area contributed by atoms with Gasteiger partial charge in [-0.05, 0) is 55.1 Å². The Kier molecular flexibility index (Phi) is 3.34. The predicted molar refractivity (Wildman–Crippen MR) is 88.7 cm³/mol. The van der Waals surface area contributed by atoms with E-state index in [0.29, 0.717) is 29.2 Å². The third-order valence-electron chi connectivity index (χ3n) is 5.89. The lowest BCUT2D eigenvalue weighted by molar-refractivity contribution is 0.155. The highest BCUT2D eigenvalue weighted by Gasteiger charge is 2.59. The van der Waals surface area contributed by atoms with Gasteiger partial charge < -0.3 is 15.8 Å². The largest absolute Gasteiger partial charge is 0.492 e. The zero-order valence-electron chi connectivity index (χ0n) is 13.7.